The van der Waals surface area contributed by atoms with E-state index in [1.807, 2.05) is 4.90 Å². The Morgan fingerprint density at radius 1 is 1.30 bits per heavy atom. The molecular weight excluding hydrogens is 354 g/mol. The van der Waals surface area contributed by atoms with Gasteiger partial charge in [-0.05, 0) is 43.9 Å². The van der Waals surface area contributed by atoms with Gasteiger partial charge in [0.05, 0.1) is 0 Å². The van der Waals surface area contributed by atoms with Crippen LogP contribution in [0.25, 0.3) is 0 Å². The Labute approximate surface area is 156 Å². The fourth-order valence-corrected chi connectivity index (χ4v) is 5.13. The fourth-order valence-electron chi connectivity index (χ4n) is 5.13. The number of fused-ring (bicyclic) bond motifs is 2. The van der Waals surface area contributed by atoms with Gasteiger partial charge in [-0.15, -0.1) is 0 Å². The average molecular weight is 378 g/mol. The molecule has 146 valence electrons. The molecule has 1 saturated carbocycles. The summed E-state index contributed by atoms with van der Waals surface area (Å²) >= 11 is 0. The number of carboxylic acids is 1. The summed E-state index contributed by atoms with van der Waals surface area (Å²) in [7, 11) is 0. The third-order valence-corrected chi connectivity index (χ3v) is 6.90. The maximum atomic E-state index is 14.6. The first-order valence-corrected chi connectivity index (χ1v) is 9.88. The van der Waals surface area contributed by atoms with E-state index < -0.39 is 11.9 Å². The summed E-state index contributed by atoms with van der Waals surface area (Å²) in [5, 5.41) is 9.01. The minimum absolute atomic E-state index is 0.0875. The maximum Gasteiger partial charge on any atom is 0.303 e. The molecule has 1 unspecified atom stereocenters. The molecule has 4 aliphatic rings. The van der Waals surface area contributed by atoms with E-state index in [2.05, 4.69) is 16.8 Å². The second kappa shape index (κ2) is 5.75. The zero-order valence-electron chi connectivity index (χ0n) is 15.4. The van der Waals surface area contributed by atoms with Crippen molar-refractivity contribution < 1.29 is 18.7 Å². The first kappa shape index (κ1) is 17.1. The van der Waals surface area contributed by atoms with E-state index >= 15 is 0 Å². The van der Waals surface area contributed by atoms with Gasteiger partial charge in [-0.25, -0.2) is 4.98 Å². The van der Waals surface area contributed by atoms with E-state index in [4.69, 9.17) is 10.1 Å². The third-order valence-electron chi connectivity index (χ3n) is 6.90. The summed E-state index contributed by atoms with van der Waals surface area (Å²) < 4.78 is 29.3. The Morgan fingerprint density at radius 2 is 2.04 bits per heavy atom. The van der Waals surface area contributed by atoms with Crippen molar-refractivity contribution in [3.63, 3.8) is 0 Å². The van der Waals surface area contributed by atoms with Crippen LogP contribution >= 0.6 is 0 Å². The van der Waals surface area contributed by atoms with Crippen LogP contribution in [-0.4, -0.2) is 46.7 Å². The van der Waals surface area contributed by atoms with E-state index in [0.717, 1.165) is 13.0 Å². The highest BCUT2D eigenvalue weighted by Gasteiger charge is 2.57. The van der Waals surface area contributed by atoms with Crippen LogP contribution in [0.15, 0.2) is 0 Å². The van der Waals surface area contributed by atoms with Crippen LogP contribution in [0.2, 0.25) is 0 Å². The van der Waals surface area contributed by atoms with Crippen molar-refractivity contribution in [1.82, 2.24) is 9.97 Å². The van der Waals surface area contributed by atoms with Gasteiger partial charge in [0.2, 0.25) is 5.95 Å². The monoisotopic (exact) mass is 378 g/mol. The maximum absolute atomic E-state index is 14.6. The van der Waals surface area contributed by atoms with Gasteiger partial charge in [0.15, 0.2) is 0 Å². The van der Waals surface area contributed by atoms with Crippen LogP contribution in [0, 0.1) is 17.8 Å². The molecule has 1 aromatic heterocycles. The van der Waals surface area contributed by atoms with Crippen molar-refractivity contribution in [3.8, 4) is 0 Å². The standard InChI is InChI=1S/C19H24F2N4O2/c1-10-4-6-25(10)18-22-16-11(3-2-5-19(16,20)21)17(23-18)24-8-13-12(7-15(26)27)14(13)9-24/h10,12-14H,2-9H2,1H3,(H,26,27)/t10-,12?,13-,14+/m1/s1. The number of nitrogens with zero attached hydrogens (tertiary/aromatic N) is 4. The smallest absolute Gasteiger partial charge is 0.303 e. The first-order valence-electron chi connectivity index (χ1n) is 9.88. The molecule has 27 heavy (non-hydrogen) atoms. The van der Waals surface area contributed by atoms with Gasteiger partial charge in [0.1, 0.15) is 11.5 Å². The number of carbonyl (C=O) groups is 1. The lowest BCUT2D eigenvalue weighted by atomic mass is 9.92. The van der Waals surface area contributed by atoms with Gasteiger partial charge in [-0.1, -0.05) is 0 Å². The van der Waals surface area contributed by atoms with E-state index in [1.165, 1.54) is 0 Å². The van der Waals surface area contributed by atoms with E-state index in [9.17, 15) is 13.6 Å². The van der Waals surface area contributed by atoms with Crippen molar-refractivity contribution >= 4 is 17.7 Å². The van der Waals surface area contributed by atoms with Gasteiger partial charge < -0.3 is 14.9 Å². The molecule has 8 heteroatoms. The molecule has 2 aliphatic carbocycles. The van der Waals surface area contributed by atoms with Gasteiger partial charge in [-0.3, -0.25) is 4.79 Å². The highest BCUT2D eigenvalue weighted by molar-refractivity contribution is 5.68. The number of alkyl halides is 2. The minimum atomic E-state index is -2.90. The number of carboxylic acid groups (broad SMARTS) is 1. The van der Waals surface area contributed by atoms with Crippen LogP contribution in [-0.2, 0) is 17.1 Å². The Kier molecular flexibility index (Phi) is 3.65. The highest BCUT2D eigenvalue weighted by Crippen LogP contribution is 2.55. The van der Waals surface area contributed by atoms with Crippen molar-refractivity contribution in [3.05, 3.63) is 11.3 Å². The minimum Gasteiger partial charge on any atom is -0.481 e. The fraction of sp³-hybridized carbons (Fsp3) is 0.737. The Hall–Kier alpha value is -1.99. The van der Waals surface area contributed by atoms with Crippen molar-refractivity contribution in [1.29, 1.82) is 0 Å². The van der Waals surface area contributed by atoms with E-state index in [0.29, 0.717) is 55.1 Å². The molecule has 0 bridgehead atoms. The lowest BCUT2D eigenvalue weighted by molar-refractivity contribution is -0.137. The Balaban J connectivity index is 1.47. The number of hydrogen-bond donors (Lipinski definition) is 1. The highest BCUT2D eigenvalue weighted by atomic mass is 19.3. The molecule has 1 N–H and O–H groups in total. The van der Waals surface area contributed by atoms with E-state index in [1.54, 1.807) is 0 Å². The molecular formula is C19H24F2N4O2. The number of anilines is 2. The Bertz CT molecular complexity index is 790. The molecule has 5 rings (SSSR count). The number of aliphatic carboxylic acids is 1. The van der Waals surface area contributed by atoms with Crippen LogP contribution in [0.3, 0.4) is 0 Å². The van der Waals surface area contributed by atoms with Crippen LogP contribution in [0.4, 0.5) is 20.5 Å². The van der Waals surface area contributed by atoms with Crippen LogP contribution < -0.4 is 9.80 Å². The summed E-state index contributed by atoms with van der Waals surface area (Å²) in [5.41, 5.74) is 0.509. The summed E-state index contributed by atoms with van der Waals surface area (Å²) in [6.07, 6.45) is 2.10. The zero-order chi connectivity index (χ0) is 18.9. The van der Waals surface area contributed by atoms with Crippen LogP contribution in [0.1, 0.15) is 43.9 Å². The number of piperidine rings is 1. The summed E-state index contributed by atoms with van der Waals surface area (Å²) in [6.45, 7) is 4.29. The molecule has 0 amide bonds. The van der Waals surface area contributed by atoms with Gasteiger partial charge >= 0.3 is 5.97 Å². The van der Waals surface area contributed by atoms with Crippen molar-refractivity contribution in [2.45, 2.75) is 51.0 Å². The zero-order valence-corrected chi connectivity index (χ0v) is 15.4. The van der Waals surface area contributed by atoms with Crippen LogP contribution in [0.5, 0.6) is 0 Å². The summed E-state index contributed by atoms with van der Waals surface area (Å²) in [4.78, 5) is 24.1. The van der Waals surface area contributed by atoms with Crippen molar-refractivity contribution in [2.24, 2.45) is 17.8 Å². The number of hydrogen-bond acceptors (Lipinski definition) is 5. The molecule has 6 nitrogen and oxygen atoms in total. The molecule has 0 aromatic carbocycles. The second-order valence-corrected chi connectivity index (χ2v) is 8.56. The largest absolute Gasteiger partial charge is 0.481 e. The molecule has 2 saturated heterocycles. The molecule has 0 spiro atoms. The van der Waals surface area contributed by atoms with Gasteiger partial charge in [0.25, 0.3) is 5.92 Å². The first-order chi connectivity index (χ1) is 12.8. The molecule has 2 aliphatic heterocycles. The average Bonchev–Trinajstić information content (AvgIpc) is 3.03. The van der Waals surface area contributed by atoms with Gasteiger partial charge in [0, 0.05) is 44.1 Å². The predicted octanol–water partition coefficient (Wildman–Crippen LogP) is 2.66. The number of aromatic nitrogens is 2. The SMILES string of the molecule is C[C@@H]1CCN1c1nc(N2C[C@@H]3C(CC(=O)O)[C@@H]3C2)c2c(n1)C(F)(F)CCC2. The molecule has 3 heterocycles. The van der Waals surface area contributed by atoms with Crippen molar-refractivity contribution in [2.75, 3.05) is 29.4 Å². The number of rotatable bonds is 4. The molecule has 3 fully saturated rings. The Morgan fingerprint density at radius 3 is 2.63 bits per heavy atom. The molecule has 4 atom stereocenters. The molecule has 1 aromatic rings. The normalized spacial score (nSPS) is 33.3. The number of halogens is 2. The van der Waals surface area contributed by atoms with E-state index in [-0.39, 0.29) is 30.5 Å². The summed E-state index contributed by atoms with van der Waals surface area (Å²) in [6, 6.07) is 0.278. The molecule has 0 radical (unpaired) electrons. The summed E-state index contributed by atoms with van der Waals surface area (Å²) in [5.74, 6) is -1.64. The lowest BCUT2D eigenvalue weighted by Crippen LogP contribution is -2.47. The lowest BCUT2D eigenvalue weighted by Gasteiger charge is -2.40. The van der Waals surface area contributed by atoms with Gasteiger partial charge in [-0.2, -0.15) is 13.8 Å². The quantitative estimate of drug-likeness (QED) is 0.869. The predicted molar refractivity (Wildman–Crippen MR) is 95.2 cm³/mol. The topological polar surface area (TPSA) is 69.6 Å². The second-order valence-electron chi connectivity index (χ2n) is 8.56. The third kappa shape index (κ3) is 2.67.